The fraction of sp³-hybridized carbons (Fsp3) is 0.385. The number of amides is 1. The molecule has 106 valence electrons. The van der Waals surface area contributed by atoms with E-state index in [4.69, 9.17) is 5.26 Å². The van der Waals surface area contributed by atoms with E-state index in [1.54, 1.807) is 14.0 Å². The van der Waals surface area contributed by atoms with Crippen LogP contribution in [0.4, 0.5) is 11.4 Å². The van der Waals surface area contributed by atoms with Crippen molar-refractivity contribution in [3.8, 4) is 6.07 Å². The number of carbonyl (C=O) groups excluding carboxylic acids is 1. The topological polar surface area (TPSA) is 99.3 Å². The Morgan fingerprint density at radius 3 is 2.75 bits per heavy atom. The molecule has 1 unspecified atom stereocenters. The molecule has 0 fully saturated rings. The second-order valence-corrected chi connectivity index (χ2v) is 4.33. The minimum absolute atomic E-state index is 0.153. The maximum atomic E-state index is 12.4. The van der Waals surface area contributed by atoms with Crippen molar-refractivity contribution in [3.05, 3.63) is 33.9 Å². The van der Waals surface area contributed by atoms with Gasteiger partial charge < -0.3 is 10.2 Å². The van der Waals surface area contributed by atoms with Crippen LogP contribution in [-0.4, -0.2) is 35.9 Å². The number of nitriles is 1. The zero-order chi connectivity index (χ0) is 15.3. The van der Waals surface area contributed by atoms with Crippen molar-refractivity contribution in [1.29, 1.82) is 5.26 Å². The van der Waals surface area contributed by atoms with Crippen LogP contribution >= 0.6 is 0 Å². The van der Waals surface area contributed by atoms with Gasteiger partial charge in [0, 0.05) is 26.2 Å². The molecule has 0 aliphatic rings. The molecule has 0 aliphatic heterocycles. The average molecular weight is 276 g/mol. The normalized spacial score (nSPS) is 11.3. The van der Waals surface area contributed by atoms with Gasteiger partial charge in [-0.1, -0.05) is 6.07 Å². The Bertz CT molecular complexity index is 565. The molecule has 20 heavy (non-hydrogen) atoms. The number of benzene rings is 1. The van der Waals surface area contributed by atoms with E-state index in [-0.39, 0.29) is 35.3 Å². The minimum Gasteiger partial charge on any atom is -0.382 e. The number of anilines is 1. The van der Waals surface area contributed by atoms with Gasteiger partial charge >= 0.3 is 0 Å². The second kappa shape index (κ2) is 6.52. The van der Waals surface area contributed by atoms with Crippen molar-refractivity contribution >= 4 is 17.3 Å². The van der Waals surface area contributed by atoms with Crippen LogP contribution in [0.15, 0.2) is 18.2 Å². The minimum atomic E-state index is -0.540. The summed E-state index contributed by atoms with van der Waals surface area (Å²) in [6, 6.07) is 6.05. The summed E-state index contributed by atoms with van der Waals surface area (Å²) >= 11 is 0. The lowest BCUT2D eigenvalue weighted by Gasteiger charge is -2.23. The fourth-order valence-corrected chi connectivity index (χ4v) is 1.79. The van der Waals surface area contributed by atoms with E-state index in [0.717, 1.165) is 0 Å². The number of nitro benzene ring substituents is 1. The molecular weight excluding hydrogens is 260 g/mol. The van der Waals surface area contributed by atoms with Crippen molar-refractivity contribution in [1.82, 2.24) is 4.90 Å². The van der Waals surface area contributed by atoms with E-state index < -0.39 is 4.92 Å². The third-order valence-electron chi connectivity index (χ3n) is 3.09. The lowest BCUT2D eigenvalue weighted by atomic mass is 10.1. The molecule has 1 aromatic rings. The highest BCUT2D eigenvalue weighted by Gasteiger charge is 2.24. The van der Waals surface area contributed by atoms with Crippen LogP contribution < -0.4 is 5.32 Å². The molecule has 1 atom stereocenters. The summed E-state index contributed by atoms with van der Waals surface area (Å²) in [5.74, 6) is -0.360. The van der Waals surface area contributed by atoms with Crippen molar-refractivity contribution < 1.29 is 9.72 Å². The van der Waals surface area contributed by atoms with Crippen LogP contribution in [0.1, 0.15) is 23.7 Å². The van der Waals surface area contributed by atoms with Crippen LogP contribution in [0.5, 0.6) is 0 Å². The number of rotatable bonds is 5. The zero-order valence-corrected chi connectivity index (χ0v) is 11.6. The highest BCUT2D eigenvalue weighted by Crippen LogP contribution is 2.28. The third kappa shape index (κ3) is 3.03. The summed E-state index contributed by atoms with van der Waals surface area (Å²) in [5.41, 5.74) is 0.243. The highest BCUT2D eigenvalue weighted by atomic mass is 16.6. The largest absolute Gasteiger partial charge is 0.382 e. The van der Waals surface area contributed by atoms with E-state index in [0.29, 0.717) is 0 Å². The highest BCUT2D eigenvalue weighted by molar-refractivity contribution is 6.01. The first kappa shape index (κ1) is 15.4. The van der Waals surface area contributed by atoms with Gasteiger partial charge in [-0.3, -0.25) is 14.9 Å². The lowest BCUT2D eigenvalue weighted by Crippen LogP contribution is -2.35. The van der Waals surface area contributed by atoms with Crippen LogP contribution in [0.2, 0.25) is 0 Å². The number of nitro groups is 1. The molecular formula is C13H16N4O3. The fourth-order valence-electron chi connectivity index (χ4n) is 1.79. The van der Waals surface area contributed by atoms with E-state index in [9.17, 15) is 14.9 Å². The first-order valence-electron chi connectivity index (χ1n) is 6.03. The molecule has 1 aromatic carbocycles. The number of carbonyl (C=O) groups is 1. The maximum Gasteiger partial charge on any atom is 0.293 e. The Morgan fingerprint density at radius 2 is 2.25 bits per heavy atom. The van der Waals surface area contributed by atoms with Crippen molar-refractivity contribution in [2.75, 3.05) is 19.4 Å². The van der Waals surface area contributed by atoms with Gasteiger partial charge in [-0.05, 0) is 13.0 Å². The molecule has 1 rings (SSSR count). The number of hydrogen-bond acceptors (Lipinski definition) is 5. The predicted molar refractivity (Wildman–Crippen MR) is 74.4 cm³/mol. The van der Waals surface area contributed by atoms with Gasteiger partial charge in [0.25, 0.3) is 11.6 Å². The third-order valence-corrected chi connectivity index (χ3v) is 3.09. The summed E-state index contributed by atoms with van der Waals surface area (Å²) in [5, 5.41) is 22.3. The van der Waals surface area contributed by atoms with Gasteiger partial charge in [0.1, 0.15) is 5.69 Å². The molecule has 0 saturated carbocycles. The Balaban J connectivity index is 3.20. The van der Waals surface area contributed by atoms with Gasteiger partial charge in [0.15, 0.2) is 0 Å². The summed E-state index contributed by atoms with van der Waals surface area (Å²) in [6.07, 6.45) is 0.200. The average Bonchev–Trinajstić information content (AvgIpc) is 2.44. The van der Waals surface area contributed by atoms with Crippen LogP contribution in [0.25, 0.3) is 0 Å². The molecule has 1 amide bonds. The second-order valence-electron chi connectivity index (χ2n) is 4.33. The summed E-state index contributed by atoms with van der Waals surface area (Å²) in [4.78, 5) is 24.2. The quantitative estimate of drug-likeness (QED) is 0.655. The van der Waals surface area contributed by atoms with Gasteiger partial charge in [0.05, 0.1) is 23.0 Å². The Labute approximate surface area is 117 Å². The lowest BCUT2D eigenvalue weighted by molar-refractivity contribution is -0.384. The van der Waals surface area contributed by atoms with Gasteiger partial charge in [-0.2, -0.15) is 5.26 Å². The molecule has 0 saturated heterocycles. The monoisotopic (exact) mass is 276 g/mol. The Morgan fingerprint density at radius 1 is 1.60 bits per heavy atom. The summed E-state index contributed by atoms with van der Waals surface area (Å²) in [7, 11) is 3.10. The van der Waals surface area contributed by atoms with Crippen LogP contribution in [0, 0.1) is 21.4 Å². The molecule has 0 bridgehead atoms. The Hall–Kier alpha value is -2.62. The first-order valence-corrected chi connectivity index (χ1v) is 6.03. The smallest absolute Gasteiger partial charge is 0.293 e. The molecule has 1 N–H and O–H groups in total. The zero-order valence-electron chi connectivity index (χ0n) is 11.6. The summed E-state index contributed by atoms with van der Waals surface area (Å²) in [6.45, 7) is 1.75. The van der Waals surface area contributed by atoms with Crippen molar-refractivity contribution in [2.45, 2.75) is 19.4 Å². The summed E-state index contributed by atoms with van der Waals surface area (Å²) < 4.78 is 0. The van der Waals surface area contributed by atoms with Gasteiger partial charge in [-0.25, -0.2) is 0 Å². The van der Waals surface area contributed by atoms with E-state index in [1.807, 2.05) is 6.07 Å². The molecule has 7 heteroatoms. The maximum absolute atomic E-state index is 12.4. The number of nitrogens with zero attached hydrogens (tertiary/aromatic N) is 3. The first-order chi connectivity index (χ1) is 9.43. The Kier molecular flexibility index (Phi) is 5.03. The van der Waals surface area contributed by atoms with Crippen molar-refractivity contribution in [2.24, 2.45) is 0 Å². The predicted octanol–water partition coefficient (Wildman–Crippen LogP) is 2.01. The van der Waals surface area contributed by atoms with Gasteiger partial charge in [0.2, 0.25) is 0 Å². The molecule has 0 aromatic heterocycles. The SMILES string of the molecule is CNc1c(C(=O)N(C)C(C)CC#N)cccc1[N+](=O)[O-]. The van der Waals surface area contributed by atoms with Crippen molar-refractivity contribution in [3.63, 3.8) is 0 Å². The molecule has 7 nitrogen and oxygen atoms in total. The molecule has 0 aliphatic carbocycles. The van der Waals surface area contributed by atoms with Crippen LogP contribution in [-0.2, 0) is 0 Å². The molecule has 0 radical (unpaired) electrons. The molecule has 0 spiro atoms. The number of nitrogens with one attached hydrogen (secondary N) is 1. The number of para-hydroxylation sites is 1. The van der Waals surface area contributed by atoms with E-state index in [1.165, 1.54) is 30.1 Å². The van der Waals surface area contributed by atoms with Crippen LogP contribution in [0.3, 0.4) is 0 Å². The van der Waals surface area contributed by atoms with Gasteiger partial charge in [-0.15, -0.1) is 0 Å². The van der Waals surface area contributed by atoms with E-state index in [2.05, 4.69) is 5.32 Å². The van der Waals surface area contributed by atoms with E-state index >= 15 is 0 Å². The standard InChI is InChI=1S/C13H16N4O3/c1-9(7-8-14)16(3)13(18)10-5-4-6-11(17(19)20)12(10)15-2/h4-6,9,15H,7H2,1-3H3. The molecule has 0 heterocycles. The number of hydrogen-bond donors (Lipinski definition) is 1.